The van der Waals surface area contributed by atoms with Crippen LogP contribution in [0.1, 0.15) is 44.7 Å². The number of amides is 1. The number of rotatable bonds is 3. The van der Waals surface area contributed by atoms with Gasteiger partial charge in [-0.2, -0.15) is 5.26 Å². The second-order valence-electron chi connectivity index (χ2n) is 5.49. The van der Waals surface area contributed by atoms with Crippen molar-refractivity contribution in [2.45, 2.75) is 46.0 Å². The van der Waals surface area contributed by atoms with Crippen LogP contribution in [0.15, 0.2) is 18.2 Å². The Morgan fingerprint density at radius 3 is 2.61 bits per heavy atom. The van der Waals surface area contributed by atoms with Gasteiger partial charge in [0.05, 0.1) is 6.07 Å². The summed E-state index contributed by atoms with van der Waals surface area (Å²) in [5.41, 5.74) is 3.11. The molecule has 0 aromatic heterocycles. The van der Waals surface area contributed by atoms with E-state index in [1.165, 1.54) is 5.56 Å². The minimum absolute atomic E-state index is 0.0554. The number of carbonyl (C=O) groups is 1. The molecular weight excluding hydrogens is 224 g/mol. The molecule has 0 atom stereocenters. The highest BCUT2D eigenvalue weighted by molar-refractivity contribution is 5.91. The Morgan fingerprint density at radius 2 is 2.06 bits per heavy atom. The van der Waals surface area contributed by atoms with Gasteiger partial charge in [0.25, 0.3) is 0 Å². The van der Waals surface area contributed by atoms with E-state index in [0.29, 0.717) is 0 Å². The maximum Gasteiger partial charge on any atom is 0.225 e. The van der Waals surface area contributed by atoms with E-state index in [1.807, 2.05) is 25.1 Å². The number of hydrogen-bond donors (Lipinski definition) is 1. The third-order valence-corrected chi connectivity index (χ3v) is 2.84. The van der Waals surface area contributed by atoms with Crippen molar-refractivity contribution in [3.8, 4) is 6.07 Å². The minimum atomic E-state index is -0.106. The second kappa shape index (κ2) is 5.68. The highest BCUT2D eigenvalue weighted by Gasteiger charge is 2.15. The van der Waals surface area contributed by atoms with Crippen LogP contribution in [0.2, 0.25) is 0 Å². The van der Waals surface area contributed by atoms with Crippen LogP contribution in [0.5, 0.6) is 0 Å². The van der Waals surface area contributed by atoms with E-state index < -0.39 is 0 Å². The van der Waals surface area contributed by atoms with Crippen molar-refractivity contribution in [3.63, 3.8) is 0 Å². The average molecular weight is 244 g/mol. The lowest BCUT2D eigenvalue weighted by atomic mass is 9.86. The van der Waals surface area contributed by atoms with E-state index >= 15 is 0 Å². The Kier molecular flexibility index (Phi) is 4.49. The zero-order valence-electron chi connectivity index (χ0n) is 11.5. The van der Waals surface area contributed by atoms with Crippen molar-refractivity contribution in [2.24, 2.45) is 0 Å². The molecule has 0 aliphatic carbocycles. The van der Waals surface area contributed by atoms with Gasteiger partial charge in [-0.15, -0.1) is 0 Å². The molecule has 3 heteroatoms. The van der Waals surface area contributed by atoms with Crippen molar-refractivity contribution < 1.29 is 4.79 Å². The molecule has 0 saturated carbocycles. The van der Waals surface area contributed by atoms with Crippen LogP contribution in [0.25, 0.3) is 0 Å². The first kappa shape index (κ1) is 14.2. The van der Waals surface area contributed by atoms with Gasteiger partial charge < -0.3 is 5.32 Å². The fraction of sp³-hybridized carbons (Fsp3) is 0.467. The summed E-state index contributed by atoms with van der Waals surface area (Å²) in [5, 5.41) is 11.3. The van der Waals surface area contributed by atoms with Gasteiger partial charge >= 0.3 is 0 Å². The van der Waals surface area contributed by atoms with Gasteiger partial charge in [0.1, 0.15) is 0 Å². The van der Waals surface area contributed by atoms with Gasteiger partial charge in [0.15, 0.2) is 0 Å². The van der Waals surface area contributed by atoms with Crippen LogP contribution in [0.4, 0.5) is 5.69 Å². The number of nitrogens with one attached hydrogen (secondary N) is 1. The fourth-order valence-corrected chi connectivity index (χ4v) is 1.61. The number of nitriles is 1. The summed E-state index contributed by atoms with van der Waals surface area (Å²) >= 11 is 0. The average Bonchev–Trinajstić information content (AvgIpc) is 2.28. The molecule has 1 N–H and O–H groups in total. The van der Waals surface area contributed by atoms with Crippen LogP contribution < -0.4 is 5.32 Å². The SMILES string of the molecule is Cc1ccc(C(C)(C)C)cc1NC(=O)CCC#N. The van der Waals surface area contributed by atoms with Crippen LogP contribution in [0, 0.1) is 18.3 Å². The molecule has 0 unspecified atom stereocenters. The highest BCUT2D eigenvalue weighted by Crippen LogP contribution is 2.26. The summed E-state index contributed by atoms with van der Waals surface area (Å²) < 4.78 is 0. The Bertz CT molecular complexity index is 478. The maximum absolute atomic E-state index is 11.6. The summed E-state index contributed by atoms with van der Waals surface area (Å²) in [6, 6.07) is 8.09. The zero-order chi connectivity index (χ0) is 13.8. The normalized spacial score (nSPS) is 10.8. The molecule has 96 valence electrons. The summed E-state index contributed by atoms with van der Waals surface area (Å²) in [6.45, 7) is 8.38. The lowest BCUT2D eigenvalue weighted by Gasteiger charge is -2.21. The smallest absolute Gasteiger partial charge is 0.225 e. The first-order valence-corrected chi connectivity index (χ1v) is 6.12. The molecule has 0 saturated heterocycles. The van der Waals surface area contributed by atoms with Crippen molar-refractivity contribution in [3.05, 3.63) is 29.3 Å². The van der Waals surface area contributed by atoms with E-state index in [9.17, 15) is 4.79 Å². The molecular formula is C15H20N2O. The predicted molar refractivity (Wildman–Crippen MR) is 73.4 cm³/mol. The maximum atomic E-state index is 11.6. The Balaban J connectivity index is 2.89. The van der Waals surface area contributed by atoms with E-state index in [-0.39, 0.29) is 24.2 Å². The molecule has 0 aliphatic rings. The minimum Gasteiger partial charge on any atom is -0.326 e. The molecule has 18 heavy (non-hydrogen) atoms. The molecule has 0 fully saturated rings. The Hall–Kier alpha value is -1.82. The molecule has 0 aliphatic heterocycles. The van der Waals surface area contributed by atoms with E-state index in [2.05, 4.69) is 32.2 Å². The third-order valence-electron chi connectivity index (χ3n) is 2.84. The van der Waals surface area contributed by atoms with Crippen LogP contribution in [-0.4, -0.2) is 5.91 Å². The van der Waals surface area contributed by atoms with Gasteiger partial charge in [0.2, 0.25) is 5.91 Å². The lowest BCUT2D eigenvalue weighted by molar-refractivity contribution is -0.116. The van der Waals surface area contributed by atoms with Gasteiger partial charge in [0, 0.05) is 18.5 Å². The highest BCUT2D eigenvalue weighted by atomic mass is 16.1. The predicted octanol–water partition coefficient (Wildman–Crippen LogP) is 3.53. The van der Waals surface area contributed by atoms with E-state index in [4.69, 9.17) is 5.26 Å². The number of aryl methyl sites for hydroxylation is 1. The number of anilines is 1. The molecule has 3 nitrogen and oxygen atoms in total. The second-order valence-corrected chi connectivity index (χ2v) is 5.49. The first-order valence-electron chi connectivity index (χ1n) is 6.12. The Labute approximate surface area is 109 Å². The molecule has 1 aromatic rings. The number of carbonyl (C=O) groups excluding carboxylic acids is 1. The summed E-state index contributed by atoms with van der Waals surface area (Å²) in [6.07, 6.45) is 0.500. The molecule has 0 heterocycles. The van der Waals surface area contributed by atoms with Crippen molar-refractivity contribution in [1.82, 2.24) is 0 Å². The summed E-state index contributed by atoms with van der Waals surface area (Å²) in [4.78, 5) is 11.6. The van der Waals surface area contributed by atoms with E-state index in [1.54, 1.807) is 0 Å². The lowest BCUT2D eigenvalue weighted by Crippen LogP contribution is -2.15. The number of benzene rings is 1. The topological polar surface area (TPSA) is 52.9 Å². The first-order chi connectivity index (χ1) is 8.34. The quantitative estimate of drug-likeness (QED) is 0.884. The summed E-state index contributed by atoms with van der Waals surface area (Å²) in [5.74, 6) is -0.106. The molecule has 1 amide bonds. The van der Waals surface area contributed by atoms with Gasteiger partial charge in [-0.3, -0.25) is 4.79 Å². The monoisotopic (exact) mass is 244 g/mol. The Morgan fingerprint density at radius 1 is 1.39 bits per heavy atom. The summed E-state index contributed by atoms with van der Waals surface area (Å²) in [7, 11) is 0. The van der Waals surface area contributed by atoms with Crippen LogP contribution in [0.3, 0.4) is 0 Å². The molecule has 0 radical (unpaired) electrons. The molecule has 0 bridgehead atoms. The van der Waals surface area contributed by atoms with Crippen LogP contribution >= 0.6 is 0 Å². The fourth-order valence-electron chi connectivity index (χ4n) is 1.61. The van der Waals surface area contributed by atoms with Gasteiger partial charge in [-0.25, -0.2) is 0 Å². The number of hydrogen-bond acceptors (Lipinski definition) is 2. The standard InChI is InChI=1S/C15H20N2O/c1-11-7-8-12(15(2,3)4)10-13(11)17-14(18)6-5-9-16/h7-8,10H,5-6H2,1-4H3,(H,17,18). The van der Waals surface area contributed by atoms with Crippen molar-refractivity contribution >= 4 is 11.6 Å². The van der Waals surface area contributed by atoms with Crippen molar-refractivity contribution in [2.75, 3.05) is 5.32 Å². The third kappa shape index (κ3) is 3.89. The zero-order valence-corrected chi connectivity index (χ0v) is 11.5. The van der Waals surface area contributed by atoms with E-state index in [0.717, 1.165) is 11.3 Å². The number of nitrogens with zero attached hydrogens (tertiary/aromatic N) is 1. The van der Waals surface area contributed by atoms with Gasteiger partial charge in [-0.1, -0.05) is 32.9 Å². The molecule has 0 spiro atoms. The van der Waals surface area contributed by atoms with Crippen LogP contribution in [-0.2, 0) is 10.2 Å². The largest absolute Gasteiger partial charge is 0.326 e. The molecule has 1 rings (SSSR count). The van der Waals surface area contributed by atoms with Gasteiger partial charge in [-0.05, 0) is 29.5 Å². The molecule has 1 aromatic carbocycles. The van der Waals surface area contributed by atoms with Crippen molar-refractivity contribution in [1.29, 1.82) is 5.26 Å².